The molecular formula is C63H114N14O12. The van der Waals surface area contributed by atoms with Gasteiger partial charge in [0.05, 0.1) is 18.3 Å². The Kier molecular flexibility index (Phi) is 29.9. The van der Waals surface area contributed by atoms with Crippen molar-refractivity contribution in [2.45, 2.75) is 221 Å². The molecule has 3 heterocycles. The Morgan fingerprint density at radius 2 is 1.19 bits per heavy atom. The van der Waals surface area contributed by atoms with Crippen LogP contribution >= 0.6 is 0 Å². The number of amides is 12. The van der Waals surface area contributed by atoms with Crippen LogP contribution in [0.25, 0.3) is 0 Å². The lowest BCUT2D eigenvalue weighted by atomic mass is 9.96. The fraction of sp³-hybridized carbons (Fsp3) is 0.825. The molecule has 0 aromatic rings. The van der Waals surface area contributed by atoms with Crippen molar-refractivity contribution in [3.8, 4) is 0 Å². The summed E-state index contributed by atoms with van der Waals surface area (Å²) < 4.78 is 6.87. The van der Waals surface area contributed by atoms with Crippen LogP contribution in [-0.4, -0.2) is 278 Å². The van der Waals surface area contributed by atoms with Crippen LogP contribution in [0.5, 0.6) is 0 Å². The Hall–Kier alpha value is -5.99. The summed E-state index contributed by atoms with van der Waals surface area (Å²) in [5, 5.41) is 13.9. The molecule has 3 aliphatic rings. The van der Waals surface area contributed by atoms with Gasteiger partial charge in [-0.25, -0.2) is 4.79 Å². The second-order valence-corrected chi connectivity index (χ2v) is 27.3. The van der Waals surface area contributed by atoms with Crippen LogP contribution in [0, 0.1) is 29.6 Å². The summed E-state index contributed by atoms with van der Waals surface area (Å²) in [5.74, 6) is -5.96. The van der Waals surface area contributed by atoms with Gasteiger partial charge >= 0.3 is 6.03 Å². The Morgan fingerprint density at radius 3 is 1.69 bits per heavy atom. The summed E-state index contributed by atoms with van der Waals surface area (Å²) in [4.78, 5) is 170. The summed E-state index contributed by atoms with van der Waals surface area (Å²) in [6.45, 7) is 28.2. The largest absolute Gasteiger partial charge is 0.368 e. The third kappa shape index (κ3) is 20.0. The lowest BCUT2D eigenvalue weighted by Crippen LogP contribution is -2.61. The molecule has 13 atom stereocenters. The molecule has 3 fully saturated rings. The van der Waals surface area contributed by atoms with Crippen molar-refractivity contribution < 1.29 is 57.5 Å². The monoisotopic (exact) mass is 1260 g/mol. The minimum absolute atomic E-state index is 0.0505. The van der Waals surface area contributed by atoms with E-state index in [0.29, 0.717) is 25.8 Å². The van der Waals surface area contributed by atoms with Gasteiger partial charge in [0, 0.05) is 81.9 Å². The number of rotatable bonds is 31. The quantitative estimate of drug-likeness (QED) is 0.0659. The highest BCUT2D eigenvalue weighted by molar-refractivity contribution is 6.01. The molecule has 3 saturated heterocycles. The molecule has 0 aromatic carbocycles. The van der Waals surface area contributed by atoms with Crippen LogP contribution in [0.2, 0.25) is 0 Å². The number of likely N-dealkylation sites (N-methyl/N-ethyl adjacent to an activating group) is 8. The fourth-order valence-corrected chi connectivity index (χ4v) is 12.1. The fourth-order valence-electron chi connectivity index (χ4n) is 12.1. The maximum atomic E-state index is 15.3. The van der Waals surface area contributed by atoms with Crippen LogP contribution in [-0.2, 0) is 52.7 Å². The Labute approximate surface area is 531 Å². The van der Waals surface area contributed by atoms with Crippen molar-refractivity contribution in [1.82, 2.24) is 70.7 Å². The smallest absolute Gasteiger partial charge is 0.324 e. The predicted octanol–water partition coefficient (Wildman–Crippen LogP) is 1.60. The SMILES string of the molecule is CC[C@@H](C(=O)N(C)[C@H](C)C(=O)N(C)[C@@H](CC(C)C)C(=O)N[C@H](C(=O)N(C)[C@@H](CC(C)C)C(=O)NC(C)C(=O)NC(=O)N(C)[C@@H](CC(C)C)C(=O)NC)C(C)C)N1C(=O)[C@@H]2[C@H](OC(C)[C@H](N(C)C(=O)CCC(C)C)C(=O)N2C)[C@H]1CC1NCCN1CCN(C)C. The van der Waals surface area contributed by atoms with Gasteiger partial charge in [-0.3, -0.25) is 58.2 Å². The number of nitrogens with one attached hydrogen (secondary N) is 5. The van der Waals surface area contributed by atoms with Gasteiger partial charge in [0.15, 0.2) is 0 Å². The number of hydrogen-bond acceptors (Lipinski definition) is 15. The number of carbonyl (C=O) groups excluding carboxylic acids is 11. The van der Waals surface area contributed by atoms with E-state index in [1.54, 1.807) is 53.6 Å². The van der Waals surface area contributed by atoms with Crippen LogP contribution < -0.4 is 26.6 Å². The van der Waals surface area contributed by atoms with Crippen LogP contribution in [0.4, 0.5) is 4.79 Å². The zero-order chi connectivity index (χ0) is 68.0. The zero-order valence-electron chi connectivity index (χ0n) is 58.1. The van der Waals surface area contributed by atoms with Crippen molar-refractivity contribution in [3.05, 3.63) is 0 Å². The maximum absolute atomic E-state index is 15.3. The minimum atomic E-state index is -1.25. The van der Waals surface area contributed by atoms with Gasteiger partial charge < -0.3 is 65.2 Å². The first-order valence-corrected chi connectivity index (χ1v) is 32.2. The molecule has 0 bridgehead atoms. The number of hydrogen-bond donors (Lipinski definition) is 5. The van der Waals surface area contributed by atoms with Crippen LogP contribution in [0.1, 0.15) is 142 Å². The summed E-state index contributed by atoms with van der Waals surface area (Å²) in [7, 11) is 14.4. The van der Waals surface area contributed by atoms with Gasteiger partial charge in [-0.15, -0.1) is 0 Å². The molecule has 12 amide bonds. The minimum Gasteiger partial charge on any atom is -0.368 e. The highest BCUT2D eigenvalue weighted by Gasteiger charge is 2.59. The normalized spacial score (nSPS) is 22.1. The Balaban J connectivity index is 1.94. The molecule has 0 spiro atoms. The van der Waals surface area contributed by atoms with Crippen molar-refractivity contribution in [2.24, 2.45) is 29.6 Å². The predicted molar refractivity (Wildman–Crippen MR) is 340 cm³/mol. The van der Waals surface area contributed by atoms with E-state index in [0.717, 1.165) is 24.5 Å². The second-order valence-electron chi connectivity index (χ2n) is 27.3. The lowest BCUT2D eigenvalue weighted by Gasteiger charge is -2.40. The van der Waals surface area contributed by atoms with Gasteiger partial charge in [0.25, 0.3) is 0 Å². The van der Waals surface area contributed by atoms with Crippen molar-refractivity contribution >= 4 is 65.1 Å². The average molecular weight is 1260 g/mol. The summed E-state index contributed by atoms with van der Waals surface area (Å²) in [6.07, 6.45) is 0.0454. The summed E-state index contributed by atoms with van der Waals surface area (Å²) in [6, 6.07) is -11.6. The number of fused-ring (bicyclic) bond motifs is 1. The molecule has 3 rings (SSSR count). The lowest BCUT2D eigenvalue weighted by molar-refractivity contribution is -0.155. The molecule has 26 nitrogen and oxygen atoms in total. The van der Waals surface area contributed by atoms with E-state index in [-0.39, 0.29) is 61.4 Å². The molecule has 3 unspecified atom stereocenters. The van der Waals surface area contributed by atoms with Gasteiger partial charge in [-0.2, -0.15) is 0 Å². The highest BCUT2D eigenvalue weighted by Crippen LogP contribution is 2.37. The van der Waals surface area contributed by atoms with E-state index in [2.05, 4.69) is 36.4 Å². The molecule has 0 aliphatic carbocycles. The molecule has 0 saturated carbocycles. The van der Waals surface area contributed by atoms with E-state index in [1.807, 2.05) is 69.5 Å². The van der Waals surface area contributed by atoms with E-state index < -0.39 is 138 Å². The molecule has 0 aromatic heterocycles. The Bertz CT molecular complexity index is 2460. The molecule has 26 heteroatoms. The average Bonchev–Trinajstić information content (AvgIpc) is 1.62. The van der Waals surface area contributed by atoms with E-state index in [1.165, 1.54) is 66.7 Å². The van der Waals surface area contributed by atoms with E-state index >= 15 is 9.59 Å². The van der Waals surface area contributed by atoms with Crippen molar-refractivity contribution in [1.29, 1.82) is 0 Å². The molecule has 89 heavy (non-hydrogen) atoms. The summed E-state index contributed by atoms with van der Waals surface area (Å²) >= 11 is 0. The van der Waals surface area contributed by atoms with Gasteiger partial charge in [-0.05, 0) is 103 Å². The number of urea groups is 1. The van der Waals surface area contributed by atoms with Gasteiger partial charge in [0.1, 0.15) is 60.5 Å². The first kappa shape index (κ1) is 77.3. The Morgan fingerprint density at radius 1 is 0.663 bits per heavy atom. The molecule has 5 N–H and O–H groups in total. The first-order valence-electron chi connectivity index (χ1n) is 32.2. The third-order valence-electron chi connectivity index (χ3n) is 17.8. The maximum Gasteiger partial charge on any atom is 0.324 e. The number of nitrogens with zero attached hydrogens (tertiary/aromatic N) is 9. The third-order valence-corrected chi connectivity index (χ3v) is 17.8. The number of ether oxygens (including phenoxy) is 1. The van der Waals surface area contributed by atoms with Gasteiger partial charge in [-0.1, -0.05) is 76.2 Å². The van der Waals surface area contributed by atoms with E-state index in [9.17, 15) is 43.2 Å². The van der Waals surface area contributed by atoms with Crippen LogP contribution in [0.15, 0.2) is 0 Å². The van der Waals surface area contributed by atoms with E-state index in [4.69, 9.17) is 4.74 Å². The van der Waals surface area contributed by atoms with Gasteiger partial charge in [0.2, 0.25) is 59.1 Å². The topological polar surface area (TPSA) is 286 Å². The summed E-state index contributed by atoms with van der Waals surface area (Å²) in [5.41, 5.74) is 0. The number of imide groups is 1. The standard InChI is InChI=1S/C63H114N14O12/c1-24-43(77-44(34-48-65-27-28-76(48)30-29-69(16)17)53-52(62(77)87)75(23)61(86)51(42(14)89-53)74(22)49(78)26-25-35(2)3)59(84)70(18)41(13)58(83)71(19)47(33-38(8)9)57(82)67-50(39(10)11)60(85)72(20)46(32-37(6)7)56(81)66-40(12)54(79)68-63(88)73(21)45(31-36(4)5)55(80)64-15/h35-48,50-53,65H,24-34H2,1-23H3,(H,64,80)(H,66,81)(H,67,82)(H,68,79,88)/t40?,41-,42?,43+,44-,45+,46+,47+,48?,50+,51+,52+,53-/m1/s1. The first-order chi connectivity index (χ1) is 41.4. The zero-order valence-corrected chi connectivity index (χ0v) is 58.1. The van der Waals surface area contributed by atoms with Crippen molar-refractivity contribution in [2.75, 3.05) is 89.6 Å². The molecular weight excluding hydrogens is 1140 g/mol. The number of likely N-dealkylation sites (tertiary alicyclic amines) is 1. The van der Waals surface area contributed by atoms with Crippen molar-refractivity contribution in [3.63, 3.8) is 0 Å². The van der Waals surface area contributed by atoms with Crippen LogP contribution in [0.3, 0.4) is 0 Å². The number of carbonyl (C=O) groups is 11. The highest BCUT2D eigenvalue weighted by atomic mass is 16.5. The molecule has 508 valence electrons. The molecule has 0 radical (unpaired) electrons. The second kappa shape index (κ2) is 34.4. The molecule has 3 aliphatic heterocycles.